The summed E-state index contributed by atoms with van der Waals surface area (Å²) >= 11 is 0. The van der Waals surface area contributed by atoms with Crippen molar-refractivity contribution >= 4 is 27.5 Å². The number of anilines is 1. The van der Waals surface area contributed by atoms with Crippen molar-refractivity contribution in [1.29, 1.82) is 0 Å². The molecule has 1 aliphatic heterocycles. The minimum atomic E-state index is -1.18. The van der Waals surface area contributed by atoms with Crippen LogP contribution in [-0.2, 0) is 15.5 Å². The minimum absolute atomic E-state index is 0.0455. The molecule has 0 aliphatic carbocycles. The van der Waals surface area contributed by atoms with Crippen molar-refractivity contribution in [3.05, 3.63) is 18.2 Å². The summed E-state index contributed by atoms with van der Waals surface area (Å²) in [5, 5.41) is 0.499. The van der Waals surface area contributed by atoms with E-state index in [0.717, 1.165) is 23.9 Å². The number of nitrogens with two attached hydrogens (primary N) is 1. The number of nitrogens with one attached hydrogen (secondary N) is 1. The Bertz CT molecular complexity index is 665. The largest absolute Gasteiger partial charge is 0.399 e. The van der Waals surface area contributed by atoms with Crippen LogP contribution in [0.1, 0.15) is 26.7 Å². The van der Waals surface area contributed by atoms with Gasteiger partial charge in [-0.3, -0.25) is 4.21 Å². The van der Waals surface area contributed by atoms with E-state index >= 15 is 0 Å². The van der Waals surface area contributed by atoms with Gasteiger partial charge in [-0.1, -0.05) is 0 Å². The van der Waals surface area contributed by atoms with Gasteiger partial charge in [-0.2, -0.15) is 0 Å². The Morgan fingerprint density at radius 3 is 3.05 bits per heavy atom. The normalized spacial score (nSPS) is 23.2. The van der Waals surface area contributed by atoms with Crippen molar-refractivity contribution in [3.63, 3.8) is 0 Å². The lowest BCUT2D eigenvalue weighted by Gasteiger charge is -2.18. The smallest absolute Gasteiger partial charge is 0.197 e. The van der Waals surface area contributed by atoms with Crippen LogP contribution in [0.2, 0.25) is 0 Å². The van der Waals surface area contributed by atoms with Gasteiger partial charge in [0.05, 0.1) is 39.3 Å². The van der Waals surface area contributed by atoms with Gasteiger partial charge in [0.2, 0.25) is 0 Å². The predicted octanol–water partition coefficient (Wildman–Crippen LogP) is 2.21. The van der Waals surface area contributed by atoms with Crippen molar-refractivity contribution in [2.75, 3.05) is 11.5 Å². The third-order valence-electron chi connectivity index (χ3n) is 3.59. The van der Waals surface area contributed by atoms with E-state index in [2.05, 4.69) is 23.8 Å². The van der Waals surface area contributed by atoms with Gasteiger partial charge in [0.15, 0.2) is 5.16 Å². The van der Waals surface area contributed by atoms with E-state index in [9.17, 15) is 4.21 Å². The molecule has 6 heteroatoms. The molecule has 0 saturated carbocycles. The predicted molar refractivity (Wildman–Crippen MR) is 80.0 cm³/mol. The lowest BCUT2D eigenvalue weighted by molar-refractivity contribution is -0.00500. The SMILES string of the molecule is CC1(C)CCC(CS(=O)c2nc3ccc(N)cc3[nH]2)O1. The zero-order valence-corrected chi connectivity index (χ0v) is 12.5. The van der Waals surface area contributed by atoms with Crippen molar-refractivity contribution in [3.8, 4) is 0 Å². The van der Waals surface area contributed by atoms with Crippen molar-refractivity contribution in [2.24, 2.45) is 0 Å². The first kappa shape index (κ1) is 13.6. The number of imidazole rings is 1. The number of benzene rings is 1. The Kier molecular flexibility index (Phi) is 3.30. The molecule has 2 heterocycles. The quantitative estimate of drug-likeness (QED) is 0.850. The van der Waals surface area contributed by atoms with Crippen LogP contribution >= 0.6 is 0 Å². The summed E-state index contributed by atoms with van der Waals surface area (Å²) in [7, 11) is -1.18. The number of aromatic nitrogens is 2. The van der Waals surface area contributed by atoms with Gasteiger partial charge in [-0.15, -0.1) is 0 Å². The second-order valence-corrected chi connectivity index (χ2v) is 7.28. The molecule has 2 unspecified atom stereocenters. The molecule has 1 aromatic heterocycles. The van der Waals surface area contributed by atoms with Crippen LogP contribution in [0.3, 0.4) is 0 Å². The number of nitrogens with zero attached hydrogens (tertiary/aromatic N) is 1. The molecule has 0 spiro atoms. The molecule has 20 heavy (non-hydrogen) atoms. The Hall–Kier alpha value is -1.40. The molecule has 0 amide bonds. The third-order valence-corrected chi connectivity index (χ3v) is 4.89. The number of H-pyrrole nitrogens is 1. The zero-order valence-electron chi connectivity index (χ0n) is 11.7. The number of hydrogen-bond acceptors (Lipinski definition) is 4. The van der Waals surface area contributed by atoms with Crippen LogP contribution in [0.5, 0.6) is 0 Å². The molecule has 1 aromatic carbocycles. The number of fused-ring (bicyclic) bond motifs is 1. The van der Waals surface area contributed by atoms with E-state index in [-0.39, 0.29) is 11.7 Å². The second-order valence-electron chi connectivity index (χ2n) is 5.87. The standard InChI is InChI=1S/C14H19N3O2S/c1-14(2)6-5-10(19-14)8-20(18)13-16-11-4-3-9(15)7-12(11)17-13/h3-4,7,10H,5-6,8,15H2,1-2H3,(H,16,17). The number of ether oxygens (including phenoxy) is 1. The molecular weight excluding hydrogens is 274 g/mol. The maximum absolute atomic E-state index is 12.4. The summed E-state index contributed by atoms with van der Waals surface area (Å²) in [6.07, 6.45) is 2.00. The zero-order chi connectivity index (χ0) is 14.3. The first-order chi connectivity index (χ1) is 9.43. The highest BCUT2D eigenvalue weighted by molar-refractivity contribution is 7.84. The highest BCUT2D eigenvalue weighted by Crippen LogP contribution is 2.30. The van der Waals surface area contributed by atoms with Crippen LogP contribution in [0.15, 0.2) is 23.4 Å². The Morgan fingerprint density at radius 2 is 2.35 bits per heavy atom. The summed E-state index contributed by atoms with van der Waals surface area (Å²) in [5.41, 5.74) is 7.90. The number of nitrogen functional groups attached to an aromatic ring is 1. The molecule has 0 bridgehead atoms. The first-order valence-electron chi connectivity index (χ1n) is 6.74. The third kappa shape index (κ3) is 2.71. The molecule has 1 saturated heterocycles. The summed E-state index contributed by atoms with van der Waals surface area (Å²) in [5.74, 6) is 0.485. The fourth-order valence-corrected chi connectivity index (χ4v) is 3.71. The maximum Gasteiger partial charge on any atom is 0.197 e. The first-order valence-corrected chi connectivity index (χ1v) is 8.06. The van der Waals surface area contributed by atoms with Crippen molar-refractivity contribution < 1.29 is 8.95 Å². The van der Waals surface area contributed by atoms with Crippen LogP contribution in [-0.4, -0.2) is 31.6 Å². The molecule has 0 radical (unpaired) electrons. The molecule has 3 N–H and O–H groups in total. The Labute approximate surface area is 120 Å². The molecule has 2 aromatic rings. The highest BCUT2D eigenvalue weighted by atomic mass is 32.2. The van der Waals surface area contributed by atoms with Crippen molar-refractivity contribution in [1.82, 2.24) is 9.97 Å². The lowest BCUT2D eigenvalue weighted by atomic mass is 10.1. The van der Waals surface area contributed by atoms with Gasteiger partial charge in [-0.05, 0) is 44.9 Å². The van der Waals surface area contributed by atoms with E-state index < -0.39 is 10.8 Å². The van der Waals surface area contributed by atoms with E-state index in [1.807, 2.05) is 6.07 Å². The van der Waals surface area contributed by atoms with E-state index in [0.29, 0.717) is 16.6 Å². The van der Waals surface area contributed by atoms with Gasteiger partial charge >= 0.3 is 0 Å². The van der Waals surface area contributed by atoms with Crippen LogP contribution in [0.4, 0.5) is 5.69 Å². The average Bonchev–Trinajstić information content (AvgIpc) is 2.92. The molecular formula is C14H19N3O2S. The van der Waals surface area contributed by atoms with Crippen molar-refractivity contribution in [2.45, 2.75) is 43.6 Å². The fourth-order valence-electron chi connectivity index (χ4n) is 2.55. The molecule has 108 valence electrons. The Morgan fingerprint density at radius 1 is 1.55 bits per heavy atom. The van der Waals surface area contributed by atoms with Gasteiger partial charge in [0.25, 0.3) is 0 Å². The number of hydrogen-bond donors (Lipinski definition) is 2. The van der Waals surface area contributed by atoms with Gasteiger partial charge < -0.3 is 15.5 Å². The van der Waals surface area contributed by atoms with E-state index in [1.165, 1.54) is 0 Å². The Balaban J connectivity index is 1.76. The van der Waals surface area contributed by atoms with Gasteiger partial charge in [0.1, 0.15) is 0 Å². The number of aromatic amines is 1. The lowest BCUT2D eigenvalue weighted by Crippen LogP contribution is -2.23. The van der Waals surface area contributed by atoms with Crippen LogP contribution in [0.25, 0.3) is 11.0 Å². The summed E-state index contributed by atoms with van der Waals surface area (Å²) < 4.78 is 18.3. The van der Waals surface area contributed by atoms with Gasteiger partial charge in [-0.25, -0.2) is 4.98 Å². The summed E-state index contributed by atoms with van der Waals surface area (Å²) in [6, 6.07) is 5.42. The topological polar surface area (TPSA) is 81.0 Å². The van der Waals surface area contributed by atoms with E-state index in [1.54, 1.807) is 12.1 Å². The van der Waals surface area contributed by atoms with Crippen LogP contribution in [0, 0.1) is 0 Å². The summed E-state index contributed by atoms with van der Waals surface area (Å²) in [6.45, 7) is 4.14. The summed E-state index contributed by atoms with van der Waals surface area (Å²) in [4.78, 5) is 7.45. The van der Waals surface area contributed by atoms with Crippen LogP contribution < -0.4 is 5.73 Å². The number of rotatable bonds is 3. The average molecular weight is 293 g/mol. The minimum Gasteiger partial charge on any atom is -0.399 e. The molecule has 3 rings (SSSR count). The fraction of sp³-hybridized carbons (Fsp3) is 0.500. The molecule has 2 atom stereocenters. The highest BCUT2D eigenvalue weighted by Gasteiger charge is 2.33. The van der Waals surface area contributed by atoms with E-state index in [4.69, 9.17) is 10.5 Å². The van der Waals surface area contributed by atoms with Gasteiger partial charge in [0, 0.05) is 5.69 Å². The monoisotopic (exact) mass is 293 g/mol. The maximum atomic E-state index is 12.4. The molecule has 1 aliphatic rings. The molecule has 1 fully saturated rings. The second kappa shape index (κ2) is 4.86. The molecule has 5 nitrogen and oxygen atoms in total.